The maximum atomic E-state index is 11.9. The Bertz CT molecular complexity index is 866. The van der Waals surface area contributed by atoms with E-state index in [4.69, 9.17) is 4.42 Å². The van der Waals surface area contributed by atoms with Crippen LogP contribution in [0.4, 0.5) is 5.82 Å². The summed E-state index contributed by atoms with van der Waals surface area (Å²) in [6, 6.07) is 10.9. The van der Waals surface area contributed by atoms with Crippen LogP contribution >= 0.6 is 0 Å². The van der Waals surface area contributed by atoms with Crippen LogP contribution in [0.15, 0.2) is 64.1 Å². The SMILES string of the molecule is O=c1cc(CO)oc(C(Nc2ccccn2)c2ccccn2)c1O. The summed E-state index contributed by atoms with van der Waals surface area (Å²) in [5.41, 5.74) is -0.110. The molecule has 0 radical (unpaired) electrons. The van der Waals surface area contributed by atoms with Gasteiger partial charge in [-0.15, -0.1) is 0 Å². The summed E-state index contributed by atoms with van der Waals surface area (Å²) in [4.78, 5) is 20.3. The Morgan fingerprint density at radius 1 is 1.12 bits per heavy atom. The first-order valence-electron chi connectivity index (χ1n) is 7.24. The predicted molar refractivity (Wildman–Crippen MR) is 86.5 cm³/mol. The van der Waals surface area contributed by atoms with Crippen LogP contribution in [-0.2, 0) is 6.61 Å². The second kappa shape index (κ2) is 6.93. The van der Waals surface area contributed by atoms with Crippen molar-refractivity contribution in [3.63, 3.8) is 0 Å². The van der Waals surface area contributed by atoms with Crippen LogP contribution in [0.1, 0.15) is 23.3 Å². The molecule has 3 heterocycles. The second-order valence-corrected chi connectivity index (χ2v) is 4.99. The van der Waals surface area contributed by atoms with Crippen LogP contribution in [0.2, 0.25) is 0 Å². The maximum absolute atomic E-state index is 11.9. The van der Waals surface area contributed by atoms with E-state index in [0.29, 0.717) is 11.5 Å². The van der Waals surface area contributed by atoms with Crippen LogP contribution < -0.4 is 10.7 Å². The molecule has 24 heavy (non-hydrogen) atoms. The number of aliphatic hydroxyl groups is 1. The number of pyridine rings is 2. The molecule has 0 aromatic carbocycles. The highest BCUT2D eigenvalue weighted by atomic mass is 16.4. The van der Waals surface area contributed by atoms with Gasteiger partial charge in [-0.3, -0.25) is 9.78 Å². The van der Waals surface area contributed by atoms with Gasteiger partial charge in [0.2, 0.25) is 11.2 Å². The summed E-state index contributed by atoms with van der Waals surface area (Å²) in [6.45, 7) is -0.457. The lowest BCUT2D eigenvalue weighted by Gasteiger charge is -2.19. The third-order valence-corrected chi connectivity index (χ3v) is 3.36. The van der Waals surface area contributed by atoms with Crippen molar-refractivity contribution >= 4 is 5.82 Å². The van der Waals surface area contributed by atoms with Crippen molar-refractivity contribution in [2.45, 2.75) is 12.6 Å². The number of aromatic hydroxyl groups is 1. The monoisotopic (exact) mass is 325 g/mol. The van der Waals surface area contributed by atoms with E-state index in [1.54, 1.807) is 48.8 Å². The van der Waals surface area contributed by atoms with Crippen molar-refractivity contribution in [3.8, 4) is 5.75 Å². The zero-order valence-corrected chi connectivity index (χ0v) is 12.6. The normalized spacial score (nSPS) is 11.9. The largest absolute Gasteiger partial charge is 0.502 e. The molecule has 3 aromatic heterocycles. The lowest BCUT2D eigenvalue weighted by atomic mass is 10.1. The van der Waals surface area contributed by atoms with Gasteiger partial charge in [0.1, 0.15) is 24.2 Å². The van der Waals surface area contributed by atoms with Crippen LogP contribution in [0.3, 0.4) is 0 Å². The third-order valence-electron chi connectivity index (χ3n) is 3.36. The highest BCUT2D eigenvalue weighted by Gasteiger charge is 2.24. The number of hydrogen-bond acceptors (Lipinski definition) is 7. The van der Waals surface area contributed by atoms with Crippen LogP contribution in [0, 0.1) is 0 Å². The molecule has 3 aromatic rings. The molecule has 0 aliphatic carbocycles. The highest BCUT2D eigenvalue weighted by Crippen LogP contribution is 2.29. The minimum atomic E-state index is -0.750. The zero-order chi connectivity index (χ0) is 16.9. The van der Waals surface area contributed by atoms with Gasteiger partial charge >= 0.3 is 0 Å². The van der Waals surface area contributed by atoms with E-state index >= 15 is 0 Å². The van der Waals surface area contributed by atoms with Gasteiger partial charge in [-0.2, -0.15) is 0 Å². The Balaban J connectivity index is 2.12. The van der Waals surface area contributed by atoms with Gasteiger partial charge in [0.15, 0.2) is 5.76 Å². The quantitative estimate of drug-likeness (QED) is 0.656. The molecular formula is C17H15N3O4. The first-order chi connectivity index (χ1) is 11.7. The molecule has 0 bridgehead atoms. The van der Waals surface area contributed by atoms with Crippen LogP contribution in [0.25, 0.3) is 0 Å². The molecule has 0 saturated carbocycles. The molecular weight excluding hydrogens is 310 g/mol. The number of aliphatic hydroxyl groups excluding tert-OH is 1. The van der Waals surface area contributed by atoms with Crippen molar-refractivity contribution in [2.24, 2.45) is 0 Å². The van der Waals surface area contributed by atoms with E-state index in [0.717, 1.165) is 6.07 Å². The summed E-state index contributed by atoms with van der Waals surface area (Å²) in [7, 11) is 0. The van der Waals surface area contributed by atoms with E-state index in [9.17, 15) is 15.0 Å². The Kier molecular flexibility index (Phi) is 4.53. The smallest absolute Gasteiger partial charge is 0.227 e. The summed E-state index contributed by atoms with van der Waals surface area (Å²) >= 11 is 0. The molecule has 7 heteroatoms. The van der Waals surface area contributed by atoms with Crippen molar-refractivity contribution < 1.29 is 14.6 Å². The Labute approximate surface area is 137 Å². The molecule has 1 atom stereocenters. The van der Waals surface area contributed by atoms with E-state index in [-0.39, 0.29) is 11.5 Å². The van der Waals surface area contributed by atoms with Crippen molar-refractivity contribution in [1.82, 2.24) is 9.97 Å². The summed E-state index contributed by atoms with van der Waals surface area (Å²) in [5.74, 6) is 0.00310. The number of nitrogens with one attached hydrogen (secondary N) is 1. The van der Waals surface area contributed by atoms with E-state index in [2.05, 4.69) is 15.3 Å². The highest BCUT2D eigenvalue weighted by molar-refractivity contribution is 5.43. The summed E-state index contributed by atoms with van der Waals surface area (Å²) in [5, 5.41) is 22.5. The first-order valence-corrected chi connectivity index (χ1v) is 7.24. The lowest BCUT2D eigenvalue weighted by molar-refractivity contribution is 0.234. The van der Waals surface area contributed by atoms with E-state index in [1.807, 2.05) is 0 Å². The number of aromatic nitrogens is 2. The molecule has 1 unspecified atom stereocenters. The predicted octanol–water partition coefficient (Wildman–Crippen LogP) is 1.83. The molecule has 0 saturated heterocycles. The van der Waals surface area contributed by atoms with Crippen LogP contribution in [0.5, 0.6) is 5.75 Å². The number of rotatable bonds is 5. The Morgan fingerprint density at radius 2 is 1.88 bits per heavy atom. The number of nitrogens with zero attached hydrogens (tertiary/aromatic N) is 2. The molecule has 0 fully saturated rings. The maximum Gasteiger partial charge on any atom is 0.227 e. The van der Waals surface area contributed by atoms with Gasteiger partial charge in [-0.25, -0.2) is 4.98 Å². The average molecular weight is 325 g/mol. The van der Waals surface area contributed by atoms with E-state index in [1.165, 1.54) is 0 Å². The first kappa shape index (κ1) is 15.7. The van der Waals surface area contributed by atoms with Crippen molar-refractivity contribution in [1.29, 1.82) is 0 Å². The number of anilines is 1. The van der Waals surface area contributed by atoms with Gasteiger partial charge in [0.25, 0.3) is 0 Å². The van der Waals surface area contributed by atoms with Gasteiger partial charge in [-0.1, -0.05) is 12.1 Å². The van der Waals surface area contributed by atoms with Gasteiger partial charge in [0, 0.05) is 18.5 Å². The topological polar surface area (TPSA) is 108 Å². The minimum Gasteiger partial charge on any atom is -0.502 e. The third kappa shape index (κ3) is 3.26. The molecule has 0 amide bonds. The number of hydrogen-bond donors (Lipinski definition) is 3. The standard InChI is InChI=1S/C17H15N3O4/c21-10-11-9-13(22)16(23)17(24-11)15(12-5-1-3-7-18-12)20-14-6-2-4-8-19-14/h1-9,15,21,23H,10H2,(H,19,20). The summed E-state index contributed by atoms with van der Waals surface area (Å²) < 4.78 is 5.50. The molecule has 122 valence electrons. The Morgan fingerprint density at radius 3 is 2.50 bits per heavy atom. The second-order valence-electron chi connectivity index (χ2n) is 4.99. The molecule has 0 spiro atoms. The Hall–Kier alpha value is -3.19. The fourth-order valence-electron chi connectivity index (χ4n) is 2.25. The molecule has 0 aliphatic rings. The molecule has 3 N–H and O–H groups in total. The average Bonchev–Trinajstić information content (AvgIpc) is 2.64. The fourth-order valence-corrected chi connectivity index (χ4v) is 2.25. The van der Waals surface area contributed by atoms with Gasteiger partial charge in [0.05, 0.1) is 5.69 Å². The van der Waals surface area contributed by atoms with E-state index < -0.39 is 23.8 Å². The zero-order valence-electron chi connectivity index (χ0n) is 12.6. The lowest BCUT2D eigenvalue weighted by Crippen LogP contribution is -2.17. The van der Waals surface area contributed by atoms with Crippen LogP contribution in [-0.4, -0.2) is 20.2 Å². The summed E-state index contributed by atoms with van der Waals surface area (Å²) in [6.07, 6.45) is 3.20. The van der Waals surface area contributed by atoms with Gasteiger partial charge in [-0.05, 0) is 24.3 Å². The molecule has 7 nitrogen and oxygen atoms in total. The molecule has 3 rings (SSSR count). The van der Waals surface area contributed by atoms with Gasteiger partial charge < -0.3 is 19.9 Å². The molecule has 0 aliphatic heterocycles. The minimum absolute atomic E-state index is 0.0316. The van der Waals surface area contributed by atoms with Crippen molar-refractivity contribution in [2.75, 3.05) is 5.32 Å². The van der Waals surface area contributed by atoms with Crippen molar-refractivity contribution in [3.05, 3.63) is 82.3 Å². The fraction of sp³-hybridized carbons (Fsp3) is 0.118.